The topological polar surface area (TPSA) is 26.0 Å². The van der Waals surface area contributed by atoms with Gasteiger partial charge in [0.15, 0.2) is 0 Å². The monoisotopic (exact) mass is 279 g/mol. The van der Waals surface area contributed by atoms with Gasteiger partial charge in [0.2, 0.25) is 0 Å². The molecule has 0 aromatic heterocycles. The van der Waals surface area contributed by atoms with Crippen LogP contribution in [0.5, 0.6) is 0 Å². The van der Waals surface area contributed by atoms with Gasteiger partial charge >= 0.3 is 0 Å². The van der Waals surface area contributed by atoms with Crippen molar-refractivity contribution in [1.29, 1.82) is 0 Å². The van der Waals surface area contributed by atoms with Crippen molar-refractivity contribution in [3.8, 4) is 0 Å². The zero-order chi connectivity index (χ0) is 13.8. The third-order valence-electron chi connectivity index (χ3n) is 2.89. The van der Waals surface area contributed by atoms with Gasteiger partial charge in [-0.05, 0) is 42.3 Å². The van der Waals surface area contributed by atoms with E-state index in [0.717, 1.165) is 11.1 Å². The van der Waals surface area contributed by atoms with Crippen LogP contribution in [0.1, 0.15) is 17.2 Å². The van der Waals surface area contributed by atoms with Gasteiger partial charge in [-0.25, -0.2) is 8.78 Å². The highest BCUT2D eigenvalue weighted by Gasteiger charge is 2.11. The number of rotatable bonds is 4. The Morgan fingerprint density at radius 2 is 1.89 bits per heavy atom. The third kappa shape index (κ3) is 3.55. The Hall–Kier alpha value is -1.39. The number of benzene rings is 2. The smallest absolute Gasteiger partial charge is 0.136 e. The molecule has 19 heavy (non-hydrogen) atoms. The number of hydrogen-bond donors (Lipinski definition) is 1. The summed E-state index contributed by atoms with van der Waals surface area (Å²) in [5.74, 6) is 0.0404. The van der Waals surface area contributed by atoms with E-state index in [1.54, 1.807) is 24.3 Å². The molecule has 2 aromatic carbocycles. The zero-order valence-corrected chi connectivity index (χ0v) is 11.4. The van der Waals surface area contributed by atoms with Crippen molar-refractivity contribution in [3.05, 3.63) is 65.2 Å². The molecule has 0 heterocycles. The van der Waals surface area contributed by atoms with Crippen molar-refractivity contribution in [3.63, 3.8) is 0 Å². The number of hydrogen-bond acceptors (Lipinski definition) is 2. The van der Waals surface area contributed by atoms with E-state index in [4.69, 9.17) is 5.73 Å². The second-order valence-corrected chi connectivity index (χ2v) is 5.41. The van der Waals surface area contributed by atoms with E-state index in [0.29, 0.717) is 10.6 Å². The highest BCUT2D eigenvalue weighted by Crippen LogP contribution is 2.27. The molecule has 1 nitrogen and oxygen atoms in total. The highest BCUT2D eigenvalue weighted by atomic mass is 32.2. The summed E-state index contributed by atoms with van der Waals surface area (Å²) in [6.07, 6.45) is 0. The van der Waals surface area contributed by atoms with Gasteiger partial charge in [0.05, 0.1) is 0 Å². The fraction of sp³-hybridized carbons (Fsp3) is 0.200. The second kappa shape index (κ2) is 6.17. The average molecular weight is 279 g/mol. The van der Waals surface area contributed by atoms with Gasteiger partial charge in [-0.15, -0.1) is 11.8 Å². The van der Waals surface area contributed by atoms with Crippen LogP contribution in [-0.2, 0) is 0 Å². The largest absolute Gasteiger partial charge is 0.323 e. The molecule has 2 aromatic rings. The standard InChI is InChI=1S/C15H15F2NS/c1-10-8-11(16)6-7-12(10)14(18)9-19-15-5-3-2-4-13(15)17/h2-8,14H,9,18H2,1H3. The summed E-state index contributed by atoms with van der Waals surface area (Å²) in [6, 6.07) is 10.9. The molecule has 4 heteroatoms. The lowest BCUT2D eigenvalue weighted by Gasteiger charge is -2.14. The van der Waals surface area contributed by atoms with Crippen LogP contribution < -0.4 is 5.73 Å². The fourth-order valence-corrected chi connectivity index (χ4v) is 2.81. The summed E-state index contributed by atoms with van der Waals surface area (Å²) < 4.78 is 26.5. The van der Waals surface area contributed by atoms with E-state index in [2.05, 4.69) is 0 Å². The first-order valence-corrected chi connectivity index (χ1v) is 6.95. The molecule has 100 valence electrons. The Balaban J connectivity index is 2.05. The fourth-order valence-electron chi connectivity index (χ4n) is 1.89. The van der Waals surface area contributed by atoms with Crippen LogP contribution in [0.25, 0.3) is 0 Å². The lowest BCUT2D eigenvalue weighted by Crippen LogP contribution is -2.14. The maximum atomic E-state index is 13.5. The van der Waals surface area contributed by atoms with Crippen LogP contribution in [0.4, 0.5) is 8.78 Å². The summed E-state index contributed by atoms with van der Waals surface area (Å²) in [6.45, 7) is 1.83. The maximum Gasteiger partial charge on any atom is 0.136 e. The zero-order valence-electron chi connectivity index (χ0n) is 10.6. The lowest BCUT2D eigenvalue weighted by atomic mass is 10.0. The van der Waals surface area contributed by atoms with Crippen molar-refractivity contribution >= 4 is 11.8 Å². The molecule has 0 aliphatic heterocycles. The minimum absolute atomic E-state index is 0.240. The number of halogens is 2. The van der Waals surface area contributed by atoms with E-state index in [-0.39, 0.29) is 17.7 Å². The quantitative estimate of drug-likeness (QED) is 0.854. The van der Waals surface area contributed by atoms with Gasteiger partial charge in [0.1, 0.15) is 11.6 Å². The molecular weight excluding hydrogens is 264 g/mol. The molecule has 2 N–H and O–H groups in total. The van der Waals surface area contributed by atoms with E-state index in [1.807, 2.05) is 6.92 Å². The molecule has 0 saturated carbocycles. The highest BCUT2D eigenvalue weighted by molar-refractivity contribution is 7.99. The van der Waals surface area contributed by atoms with Crippen LogP contribution >= 0.6 is 11.8 Å². The summed E-state index contributed by atoms with van der Waals surface area (Å²) >= 11 is 1.37. The first-order valence-electron chi connectivity index (χ1n) is 5.97. The van der Waals surface area contributed by atoms with Crippen molar-refractivity contribution < 1.29 is 8.78 Å². The third-order valence-corrected chi connectivity index (χ3v) is 4.05. The Kier molecular flexibility index (Phi) is 4.56. The SMILES string of the molecule is Cc1cc(F)ccc1C(N)CSc1ccccc1F. The Bertz CT molecular complexity index is 572. The molecule has 0 aliphatic carbocycles. The van der Waals surface area contributed by atoms with Gasteiger partial charge in [-0.1, -0.05) is 18.2 Å². The van der Waals surface area contributed by atoms with E-state index in [9.17, 15) is 8.78 Å². The Morgan fingerprint density at radius 3 is 2.58 bits per heavy atom. The maximum absolute atomic E-state index is 13.5. The molecule has 0 bridgehead atoms. The van der Waals surface area contributed by atoms with Crippen molar-refractivity contribution in [2.24, 2.45) is 5.73 Å². The van der Waals surface area contributed by atoms with Gasteiger partial charge in [0, 0.05) is 16.7 Å². The molecule has 0 radical (unpaired) electrons. The molecule has 0 saturated heterocycles. The van der Waals surface area contributed by atoms with E-state index >= 15 is 0 Å². The number of thioether (sulfide) groups is 1. The minimum atomic E-state index is -0.268. The Labute approximate surface area is 115 Å². The van der Waals surface area contributed by atoms with Crippen LogP contribution in [0, 0.1) is 18.6 Å². The van der Waals surface area contributed by atoms with Crippen LogP contribution in [-0.4, -0.2) is 5.75 Å². The Morgan fingerprint density at radius 1 is 1.16 bits per heavy atom. The predicted octanol–water partition coefficient (Wildman–Crippen LogP) is 4.07. The van der Waals surface area contributed by atoms with Crippen LogP contribution in [0.3, 0.4) is 0 Å². The molecule has 2 rings (SSSR count). The number of aryl methyl sites for hydroxylation is 1. The normalized spacial score (nSPS) is 12.4. The lowest BCUT2D eigenvalue weighted by molar-refractivity contribution is 0.601. The molecule has 0 fully saturated rings. The first kappa shape index (κ1) is 14.0. The van der Waals surface area contributed by atoms with Gasteiger partial charge in [-0.3, -0.25) is 0 Å². The summed E-state index contributed by atoms with van der Waals surface area (Å²) in [7, 11) is 0. The van der Waals surface area contributed by atoms with Gasteiger partial charge in [-0.2, -0.15) is 0 Å². The molecule has 0 amide bonds. The summed E-state index contributed by atoms with van der Waals surface area (Å²) in [5, 5.41) is 0. The van der Waals surface area contributed by atoms with E-state index in [1.165, 1.54) is 30.0 Å². The van der Waals surface area contributed by atoms with Crippen LogP contribution in [0.15, 0.2) is 47.4 Å². The number of nitrogens with two attached hydrogens (primary N) is 1. The molecule has 1 unspecified atom stereocenters. The van der Waals surface area contributed by atoms with Crippen molar-refractivity contribution in [2.45, 2.75) is 17.9 Å². The van der Waals surface area contributed by atoms with Gasteiger partial charge in [0.25, 0.3) is 0 Å². The van der Waals surface area contributed by atoms with Crippen LogP contribution in [0.2, 0.25) is 0 Å². The molecule has 1 atom stereocenters. The minimum Gasteiger partial charge on any atom is -0.323 e. The second-order valence-electron chi connectivity index (χ2n) is 4.35. The van der Waals surface area contributed by atoms with E-state index < -0.39 is 0 Å². The van der Waals surface area contributed by atoms with Crippen molar-refractivity contribution in [1.82, 2.24) is 0 Å². The first-order chi connectivity index (χ1) is 9.08. The molecule has 0 aliphatic rings. The predicted molar refractivity (Wildman–Crippen MR) is 75.2 cm³/mol. The molecular formula is C15H15F2NS. The summed E-state index contributed by atoms with van der Waals surface area (Å²) in [5.41, 5.74) is 7.79. The van der Waals surface area contributed by atoms with Crippen molar-refractivity contribution in [2.75, 3.05) is 5.75 Å². The summed E-state index contributed by atoms with van der Waals surface area (Å²) in [4.78, 5) is 0.581. The molecule has 0 spiro atoms. The van der Waals surface area contributed by atoms with Gasteiger partial charge < -0.3 is 5.73 Å². The average Bonchev–Trinajstić information content (AvgIpc) is 2.37.